The summed E-state index contributed by atoms with van der Waals surface area (Å²) in [6.45, 7) is 3.79. The van der Waals surface area contributed by atoms with E-state index in [1.54, 1.807) is 7.05 Å². The number of aliphatic carboxylic acids is 1. The third-order valence-electron chi connectivity index (χ3n) is 2.40. The molecule has 0 aliphatic carbocycles. The SMILES string of the molecule is CNC(CN1CCCOCC1)C(=O)O. The van der Waals surface area contributed by atoms with Gasteiger partial charge in [0.05, 0.1) is 6.61 Å². The molecule has 0 saturated carbocycles. The zero-order valence-electron chi connectivity index (χ0n) is 8.53. The molecular weight excluding hydrogens is 184 g/mol. The fourth-order valence-electron chi connectivity index (χ4n) is 1.53. The summed E-state index contributed by atoms with van der Waals surface area (Å²) in [4.78, 5) is 12.9. The standard InChI is InChI=1S/C9H18N2O3/c1-10-8(9(12)13)7-11-3-2-5-14-6-4-11/h8,10H,2-7H2,1H3,(H,12,13). The van der Waals surface area contributed by atoms with Crippen LogP contribution in [-0.2, 0) is 9.53 Å². The smallest absolute Gasteiger partial charge is 0.322 e. The van der Waals surface area contributed by atoms with Crippen LogP contribution in [0.4, 0.5) is 0 Å². The Kier molecular flexibility index (Phi) is 4.86. The van der Waals surface area contributed by atoms with Gasteiger partial charge in [0.2, 0.25) is 0 Å². The van der Waals surface area contributed by atoms with Crippen molar-refractivity contribution in [2.24, 2.45) is 0 Å². The Hall–Kier alpha value is -0.650. The molecule has 1 heterocycles. The molecule has 2 N–H and O–H groups in total. The first kappa shape index (κ1) is 11.4. The van der Waals surface area contributed by atoms with Crippen molar-refractivity contribution in [2.45, 2.75) is 12.5 Å². The number of carboxylic acid groups (broad SMARTS) is 1. The predicted octanol–water partition coefficient (Wildman–Crippen LogP) is -0.619. The number of nitrogens with one attached hydrogen (secondary N) is 1. The average molecular weight is 202 g/mol. The number of carbonyl (C=O) groups is 1. The van der Waals surface area contributed by atoms with E-state index in [-0.39, 0.29) is 0 Å². The van der Waals surface area contributed by atoms with Gasteiger partial charge in [0.25, 0.3) is 0 Å². The zero-order valence-corrected chi connectivity index (χ0v) is 8.53. The maximum atomic E-state index is 10.8. The van der Waals surface area contributed by atoms with Crippen molar-refractivity contribution in [3.63, 3.8) is 0 Å². The number of hydrogen-bond acceptors (Lipinski definition) is 4. The van der Waals surface area contributed by atoms with Crippen molar-refractivity contribution in [1.82, 2.24) is 10.2 Å². The second kappa shape index (κ2) is 5.95. The van der Waals surface area contributed by atoms with Crippen LogP contribution in [-0.4, -0.2) is 61.9 Å². The summed E-state index contributed by atoms with van der Waals surface area (Å²) < 4.78 is 5.29. The normalized spacial score (nSPS) is 21.5. The van der Waals surface area contributed by atoms with Crippen molar-refractivity contribution in [2.75, 3.05) is 39.9 Å². The van der Waals surface area contributed by atoms with E-state index in [1.165, 1.54) is 0 Å². The third-order valence-corrected chi connectivity index (χ3v) is 2.40. The van der Waals surface area contributed by atoms with Crippen LogP contribution in [0, 0.1) is 0 Å². The van der Waals surface area contributed by atoms with Crippen LogP contribution >= 0.6 is 0 Å². The van der Waals surface area contributed by atoms with Gasteiger partial charge in [-0.3, -0.25) is 9.69 Å². The van der Waals surface area contributed by atoms with E-state index in [1.807, 2.05) is 0 Å². The molecule has 0 spiro atoms. The number of nitrogens with zero attached hydrogens (tertiary/aromatic N) is 1. The molecule has 82 valence electrons. The summed E-state index contributed by atoms with van der Waals surface area (Å²) in [5.74, 6) is -0.794. The summed E-state index contributed by atoms with van der Waals surface area (Å²) in [6.07, 6.45) is 0.982. The van der Waals surface area contributed by atoms with E-state index >= 15 is 0 Å². The van der Waals surface area contributed by atoms with E-state index in [2.05, 4.69) is 10.2 Å². The first-order valence-electron chi connectivity index (χ1n) is 4.94. The number of carboxylic acids is 1. The van der Waals surface area contributed by atoms with Gasteiger partial charge in [0.1, 0.15) is 6.04 Å². The maximum absolute atomic E-state index is 10.8. The van der Waals surface area contributed by atoms with Gasteiger partial charge in [-0.15, -0.1) is 0 Å². The number of ether oxygens (including phenoxy) is 1. The molecule has 0 aromatic carbocycles. The Morgan fingerprint density at radius 2 is 2.36 bits per heavy atom. The Morgan fingerprint density at radius 1 is 1.57 bits per heavy atom. The molecule has 1 fully saturated rings. The van der Waals surface area contributed by atoms with Gasteiger partial charge in [0, 0.05) is 26.2 Å². The second-order valence-corrected chi connectivity index (χ2v) is 3.45. The number of likely N-dealkylation sites (N-methyl/N-ethyl adjacent to an activating group) is 1. The van der Waals surface area contributed by atoms with Crippen LogP contribution in [0.3, 0.4) is 0 Å². The molecular formula is C9H18N2O3. The van der Waals surface area contributed by atoms with Gasteiger partial charge >= 0.3 is 5.97 Å². The van der Waals surface area contributed by atoms with Crippen molar-refractivity contribution < 1.29 is 14.6 Å². The minimum atomic E-state index is -0.794. The zero-order chi connectivity index (χ0) is 10.4. The van der Waals surface area contributed by atoms with E-state index in [9.17, 15) is 4.79 Å². The van der Waals surface area contributed by atoms with Crippen LogP contribution in [0.2, 0.25) is 0 Å². The predicted molar refractivity (Wildman–Crippen MR) is 52.4 cm³/mol. The van der Waals surface area contributed by atoms with Crippen LogP contribution in [0.5, 0.6) is 0 Å². The molecule has 14 heavy (non-hydrogen) atoms. The van der Waals surface area contributed by atoms with Crippen LogP contribution in [0.25, 0.3) is 0 Å². The van der Waals surface area contributed by atoms with Gasteiger partial charge < -0.3 is 15.2 Å². The Labute approximate surface area is 84.0 Å². The monoisotopic (exact) mass is 202 g/mol. The number of hydrogen-bond donors (Lipinski definition) is 2. The minimum absolute atomic E-state index is 0.479. The highest BCUT2D eigenvalue weighted by Crippen LogP contribution is 2.00. The Balaban J connectivity index is 2.35. The van der Waals surface area contributed by atoms with E-state index < -0.39 is 12.0 Å². The molecule has 1 aliphatic heterocycles. The van der Waals surface area contributed by atoms with Crippen molar-refractivity contribution >= 4 is 5.97 Å². The minimum Gasteiger partial charge on any atom is -0.480 e. The summed E-state index contributed by atoms with van der Waals surface area (Å²) in [5, 5.41) is 11.6. The summed E-state index contributed by atoms with van der Waals surface area (Å²) in [6, 6.07) is -0.479. The van der Waals surface area contributed by atoms with Crippen LogP contribution < -0.4 is 5.32 Å². The molecule has 0 aromatic rings. The second-order valence-electron chi connectivity index (χ2n) is 3.45. The summed E-state index contributed by atoms with van der Waals surface area (Å²) in [7, 11) is 1.67. The average Bonchev–Trinajstić information content (AvgIpc) is 2.41. The van der Waals surface area contributed by atoms with Crippen molar-refractivity contribution in [1.29, 1.82) is 0 Å². The topological polar surface area (TPSA) is 61.8 Å². The van der Waals surface area contributed by atoms with Crippen LogP contribution in [0.15, 0.2) is 0 Å². The molecule has 5 nitrogen and oxygen atoms in total. The molecule has 1 unspecified atom stereocenters. The van der Waals surface area contributed by atoms with Gasteiger partial charge in [-0.25, -0.2) is 0 Å². The highest BCUT2D eigenvalue weighted by molar-refractivity contribution is 5.73. The van der Waals surface area contributed by atoms with Gasteiger partial charge in [-0.2, -0.15) is 0 Å². The molecule has 0 aromatic heterocycles. The highest BCUT2D eigenvalue weighted by atomic mass is 16.5. The Bertz CT molecular complexity index is 179. The molecule has 1 aliphatic rings. The van der Waals surface area contributed by atoms with E-state index in [0.29, 0.717) is 13.2 Å². The molecule has 1 saturated heterocycles. The van der Waals surface area contributed by atoms with E-state index in [4.69, 9.17) is 9.84 Å². The maximum Gasteiger partial charge on any atom is 0.322 e. The third kappa shape index (κ3) is 3.61. The summed E-state index contributed by atoms with van der Waals surface area (Å²) in [5.41, 5.74) is 0. The molecule has 1 atom stereocenters. The first-order chi connectivity index (χ1) is 6.74. The number of rotatable bonds is 4. The molecule has 0 amide bonds. The van der Waals surface area contributed by atoms with Gasteiger partial charge in [-0.05, 0) is 13.5 Å². The van der Waals surface area contributed by atoms with E-state index in [0.717, 1.165) is 26.1 Å². The largest absolute Gasteiger partial charge is 0.480 e. The molecule has 1 rings (SSSR count). The Morgan fingerprint density at radius 3 is 3.00 bits per heavy atom. The lowest BCUT2D eigenvalue weighted by atomic mass is 10.2. The highest BCUT2D eigenvalue weighted by Gasteiger charge is 2.19. The molecule has 0 radical (unpaired) electrons. The quantitative estimate of drug-likeness (QED) is 0.636. The van der Waals surface area contributed by atoms with Crippen molar-refractivity contribution in [3.8, 4) is 0 Å². The molecule has 0 bridgehead atoms. The van der Waals surface area contributed by atoms with Crippen molar-refractivity contribution in [3.05, 3.63) is 0 Å². The lowest BCUT2D eigenvalue weighted by molar-refractivity contribution is -0.139. The van der Waals surface area contributed by atoms with Crippen LogP contribution in [0.1, 0.15) is 6.42 Å². The molecule has 5 heteroatoms. The lowest BCUT2D eigenvalue weighted by Crippen LogP contribution is -2.45. The summed E-state index contributed by atoms with van der Waals surface area (Å²) >= 11 is 0. The fraction of sp³-hybridized carbons (Fsp3) is 0.889. The van der Waals surface area contributed by atoms with Gasteiger partial charge in [-0.1, -0.05) is 0 Å². The van der Waals surface area contributed by atoms with Gasteiger partial charge in [0.15, 0.2) is 0 Å². The first-order valence-corrected chi connectivity index (χ1v) is 4.94. The fourth-order valence-corrected chi connectivity index (χ4v) is 1.53. The lowest BCUT2D eigenvalue weighted by Gasteiger charge is -2.22.